The molecule has 0 bridgehead atoms. The Hall–Kier alpha value is -0.340. The van der Waals surface area contributed by atoms with Gasteiger partial charge < -0.3 is 10.2 Å². The molecule has 0 aliphatic heterocycles. The number of aliphatic hydroxyl groups is 2. The fourth-order valence-corrected chi connectivity index (χ4v) is 8.16. The maximum Gasteiger partial charge on any atom is 0.0543 e. The highest BCUT2D eigenvalue weighted by Crippen LogP contribution is 2.66. The van der Waals surface area contributed by atoms with E-state index in [1.54, 1.807) is 0 Å². The Bertz CT molecular complexity index is 542. The summed E-state index contributed by atoms with van der Waals surface area (Å²) < 4.78 is 0. The summed E-state index contributed by atoms with van der Waals surface area (Å²) in [5.41, 5.74) is 0.786. The van der Waals surface area contributed by atoms with E-state index in [1.807, 2.05) is 0 Å². The molecule has 26 heavy (non-hydrogen) atoms. The van der Waals surface area contributed by atoms with Gasteiger partial charge in [0.25, 0.3) is 0 Å². The van der Waals surface area contributed by atoms with Gasteiger partial charge in [-0.25, -0.2) is 0 Å². The Balaban J connectivity index is 1.58. The van der Waals surface area contributed by atoms with Crippen LogP contribution in [0.2, 0.25) is 0 Å². The minimum Gasteiger partial charge on any atom is -0.396 e. The molecule has 9 atom stereocenters. The number of fused-ring (bicyclic) bond motifs is 5. The van der Waals surface area contributed by atoms with Crippen molar-refractivity contribution < 1.29 is 10.2 Å². The SMILES string of the molecule is C[C@H](CCCO)[C@@H]1CC[C@@H]2[C@@H]3CC[C@H]4C[C@H](O)CC[C@]4(C)[C@H]3C=C[C@]21C. The first-order valence-corrected chi connectivity index (χ1v) is 11.4. The van der Waals surface area contributed by atoms with Gasteiger partial charge in [-0.3, -0.25) is 0 Å². The Morgan fingerprint density at radius 3 is 2.69 bits per heavy atom. The van der Waals surface area contributed by atoms with Crippen molar-refractivity contribution in [3.8, 4) is 0 Å². The average Bonchev–Trinajstić information content (AvgIpc) is 2.97. The molecule has 0 amide bonds. The van der Waals surface area contributed by atoms with Crippen molar-refractivity contribution in [1.29, 1.82) is 0 Å². The minimum absolute atomic E-state index is 0.0503. The highest BCUT2D eigenvalue weighted by molar-refractivity contribution is 5.20. The molecular weight excluding hydrogens is 320 g/mol. The molecule has 0 spiro atoms. The quantitative estimate of drug-likeness (QED) is 0.677. The monoisotopic (exact) mass is 360 g/mol. The zero-order valence-electron chi connectivity index (χ0n) is 17.2. The average molecular weight is 361 g/mol. The summed E-state index contributed by atoms with van der Waals surface area (Å²) in [6.07, 6.45) is 16.1. The van der Waals surface area contributed by atoms with Gasteiger partial charge in [0.2, 0.25) is 0 Å². The van der Waals surface area contributed by atoms with Crippen LogP contribution in [0.5, 0.6) is 0 Å². The van der Waals surface area contributed by atoms with E-state index < -0.39 is 0 Å². The van der Waals surface area contributed by atoms with Crippen molar-refractivity contribution >= 4 is 0 Å². The van der Waals surface area contributed by atoms with Crippen molar-refractivity contribution in [2.75, 3.05) is 6.61 Å². The second-order valence-corrected chi connectivity index (χ2v) is 10.8. The number of hydrogen-bond acceptors (Lipinski definition) is 2. The molecule has 0 aromatic carbocycles. The summed E-state index contributed by atoms with van der Waals surface area (Å²) in [6.45, 7) is 7.86. The lowest BCUT2D eigenvalue weighted by Crippen LogP contribution is -2.52. The van der Waals surface area contributed by atoms with Crippen molar-refractivity contribution in [3.05, 3.63) is 12.2 Å². The molecule has 2 nitrogen and oxygen atoms in total. The molecule has 0 saturated heterocycles. The van der Waals surface area contributed by atoms with E-state index in [4.69, 9.17) is 0 Å². The lowest BCUT2D eigenvalue weighted by Gasteiger charge is -2.58. The van der Waals surface area contributed by atoms with Crippen LogP contribution in [0.25, 0.3) is 0 Å². The first kappa shape index (κ1) is 19.0. The van der Waals surface area contributed by atoms with Crippen LogP contribution in [0.15, 0.2) is 12.2 Å². The van der Waals surface area contributed by atoms with E-state index in [9.17, 15) is 10.2 Å². The summed E-state index contributed by atoms with van der Waals surface area (Å²) in [7, 11) is 0. The van der Waals surface area contributed by atoms with Crippen molar-refractivity contribution in [3.63, 3.8) is 0 Å². The largest absolute Gasteiger partial charge is 0.396 e. The van der Waals surface area contributed by atoms with E-state index >= 15 is 0 Å². The van der Waals surface area contributed by atoms with Gasteiger partial charge in [0.1, 0.15) is 0 Å². The molecule has 2 heteroatoms. The van der Waals surface area contributed by atoms with Crippen LogP contribution >= 0.6 is 0 Å². The number of rotatable bonds is 4. The van der Waals surface area contributed by atoms with E-state index in [-0.39, 0.29) is 6.10 Å². The van der Waals surface area contributed by atoms with Gasteiger partial charge in [0.15, 0.2) is 0 Å². The van der Waals surface area contributed by atoms with Gasteiger partial charge in [-0.2, -0.15) is 0 Å². The topological polar surface area (TPSA) is 40.5 Å². The van der Waals surface area contributed by atoms with E-state index in [0.717, 1.165) is 54.8 Å². The molecule has 2 N–H and O–H groups in total. The van der Waals surface area contributed by atoms with E-state index in [1.165, 1.54) is 38.5 Å². The molecule has 3 fully saturated rings. The molecule has 3 saturated carbocycles. The molecule has 148 valence electrons. The summed E-state index contributed by atoms with van der Waals surface area (Å²) >= 11 is 0. The third kappa shape index (κ3) is 2.82. The van der Waals surface area contributed by atoms with Crippen LogP contribution < -0.4 is 0 Å². The van der Waals surface area contributed by atoms with Gasteiger partial charge in [0, 0.05) is 6.61 Å². The highest BCUT2D eigenvalue weighted by Gasteiger charge is 2.58. The maximum absolute atomic E-state index is 10.2. The summed E-state index contributed by atoms with van der Waals surface area (Å²) in [5.74, 6) is 4.67. The van der Waals surface area contributed by atoms with Crippen LogP contribution in [-0.2, 0) is 0 Å². The minimum atomic E-state index is -0.0503. The number of allylic oxidation sites excluding steroid dienone is 2. The van der Waals surface area contributed by atoms with Crippen molar-refractivity contribution in [2.24, 2.45) is 46.3 Å². The van der Waals surface area contributed by atoms with E-state index in [2.05, 4.69) is 32.9 Å². The first-order valence-electron chi connectivity index (χ1n) is 11.4. The number of hydrogen-bond donors (Lipinski definition) is 2. The third-order valence-electron chi connectivity index (χ3n) is 9.65. The van der Waals surface area contributed by atoms with Crippen molar-refractivity contribution in [1.82, 2.24) is 0 Å². The Morgan fingerprint density at radius 1 is 1.12 bits per heavy atom. The van der Waals surface area contributed by atoms with Crippen LogP contribution in [0.1, 0.15) is 78.6 Å². The van der Waals surface area contributed by atoms with Crippen LogP contribution in [0.3, 0.4) is 0 Å². The van der Waals surface area contributed by atoms with E-state index in [0.29, 0.717) is 17.4 Å². The lowest BCUT2D eigenvalue weighted by molar-refractivity contribution is -0.0822. The molecule has 4 aliphatic carbocycles. The molecule has 4 rings (SSSR count). The molecule has 0 unspecified atom stereocenters. The summed E-state index contributed by atoms with van der Waals surface area (Å²) in [5, 5.41) is 19.4. The second-order valence-electron chi connectivity index (χ2n) is 10.8. The predicted molar refractivity (Wildman–Crippen MR) is 107 cm³/mol. The van der Waals surface area contributed by atoms with Gasteiger partial charge in [0.05, 0.1) is 6.10 Å². The van der Waals surface area contributed by atoms with Gasteiger partial charge in [-0.1, -0.05) is 32.9 Å². The molecule has 0 radical (unpaired) electrons. The highest BCUT2D eigenvalue weighted by atomic mass is 16.3. The third-order valence-corrected chi connectivity index (χ3v) is 9.65. The van der Waals surface area contributed by atoms with Gasteiger partial charge in [-0.05, 0) is 104 Å². The Morgan fingerprint density at radius 2 is 1.92 bits per heavy atom. The fraction of sp³-hybridized carbons (Fsp3) is 0.917. The molecule has 0 aromatic heterocycles. The second kappa shape index (κ2) is 6.92. The first-order chi connectivity index (χ1) is 12.4. The lowest BCUT2D eigenvalue weighted by atomic mass is 9.46. The zero-order valence-corrected chi connectivity index (χ0v) is 17.2. The van der Waals surface area contributed by atoms with Crippen LogP contribution in [0.4, 0.5) is 0 Å². The molecular formula is C24H40O2. The fourth-order valence-electron chi connectivity index (χ4n) is 8.16. The normalized spacial score (nSPS) is 51.4. The Labute approximate surface area is 160 Å². The number of aliphatic hydroxyl groups excluding tert-OH is 2. The van der Waals surface area contributed by atoms with Crippen molar-refractivity contribution in [2.45, 2.75) is 84.7 Å². The predicted octanol–water partition coefficient (Wildman–Crippen LogP) is 5.19. The maximum atomic E-state index is 10.2. The molecule has 0 aromatic rings. The summed E-state index contributed by atoms with van der Waals surface area (Å²) in [6, 6.07) is 0. The van der Waals surface area contributed by atoms with Gasteiger partial charge >= 0.3 is 0 Å². The molecule has 4 aliphatic rings. The standard InChI is InChI=1S/C24H40O2/c1-16(5-4-14-25)20-8-9-21-19-7-6-17-15-18(26)10-12-23(17,2)22(19)11-13-24(20,21)3/h11,13,16-22,25-26H,4-10,12,14-15H2,1-3H3/t16-,17+,18-,19+,20+,21-,22+,23+,24+/m1/s1. The summed E-state index contributed by atoms with van der Waals surface area (Å²) in [4.78, 5) is 0. The van der Waals surface area contributed by atoms with Crippen LogP contribution in [0, 0.1) is 46.3 Å². The molecule has 0 heterocycles. The van der Waals surface area contributed by atoms with Crippen LogP contribution in [-0.4, -0.2) is 22.9 Å². The Kier molecular flexibility index (Phi) is 5.06. The zero-order chi connectivity index (χ0) is 18.5. The van der Waals surface area contributed by atoms with Gasteiger partial charge in [-0.15, -0.1) is 0 Å². The smallest absolute Gasteiger partial charge is 0.0543 e.